The van der Waals surface area contributed by atoms with Gasteiger partial charge in [-0.15, -0.1) is 0 Å². The van der Waals surface area contributed by atoms with E-state index in [0.717, 1.165) is 5.56 Å². The number of aliphatic hydroxyl groups is 1. The second kappa shape index (κ2) is 6.97. The maximum absolute atomic E-state index is 12.7. The van der Waals surface area contributed by atoms with E-state index in [2.05, 4.69) is 15.4 Å². The molecule has 3 heterocycles. The van der Waals surface area contributed by atoms with Crippen molar-refractivity contribution >= 4 is 23.1 Å². The fourth-order valence-corrected chi connectivity index (χ4v) is 3.35. The molecule has 0 aliphatic carbocycles. The van der Waals surface area contributed by atoms with Crippen LogP contribution >= 0.6 is 0 Å². The smallest absolute Gasteiger partial charge is 0.261 e. The molecule has 0 fully saturated rings. The zero-order chi connectivity index (χ0) is 20.8. The molecule has 0 unspecified atom stereocenters. The van der Waals surface area contributed by atoms with E-state index in [0.29, 0.717) is 35.6 Å². The molecule has 1 aromatic carbocycles. The highest BCUT2D eigenvalue weighted by molar-refractivity contribution is 6.08. The van der Waals surface area contributed by atoms with Crippen LogP contribution in [0, 0.1) is 5.92 Å². The minimum atomic E-state index is -0.864. The topological polar surface area (TPSA) is 99.8 Å². The summed E-state index contributed by atoms with van der Waals surface area (Å²) in [5, 5.41) is 17.1. The van der Waals surface area contributed by atoms with Crippen molar-refractivity contribution in [2.45, 2.75) is 32.9 Å². The van der Waals surface area contributed by atoms with Gasteiger partial charge in [-0.2, -0.15) is 5.10 Å². The lowest BCUT2D eigenvalue weighted by Crippen LogP contribution is -2.39. The number of fused-ring (bicyclic) bond motifs is 2. The third-order valence-electron chi connectivity index (χ3n) is 5.47. The standard InChI is InChI=1S/C21H23N5O3/c1-13(21(2,3)29)11-25-12-14-9-15(5-6-16(14)20(25)28)24-19(27)17-10-23-26-8-4-7-22-18(17)26/h4-10,13,29H,11-12H2,1-3H3,(H,24,27)/t13-/m1/s1. The third kappa shape index (κ3) is 3.58. The molecule has 1 atom stereocenters. The van der Waals surface area contributed by atoms with E-state index in [-0.39, 0.29) is 17.7 Å². The van der Waals surface area contributed by atoms with Crippen molar-refractivity contribution in [2.75, 3.05) is 11.9 Å². The highest BCUT2D eigenvalue weighted by atomic mass is 16.3. The lowest BCUT2D eigenvalue weighted by Gasteiger charge is -2.29. The van der Waals surface area contributed by atoms with Crippen molar-refractivity contribution in [1.82, 2.24) is 19.5 Å². The molecule has 3 aromatic rings. The summed E-state index contributed by atoms with van der Waals surface area (Å²) in [5.41, 5.74) is 2.08. The molecule has 0 radical (unpaired) electrons. The number of nitrogens with one attached hydrogen (secondary N) is 1. The average Bonchev–Trinajstić information content (AvgIpc) is 3.22. The van der Waals surface area contributed by atoms with E-state index in [1.807, 2.05) is 13.0 Å². The zero-order valence-electron chi connectivity index (χ0n) is 16.6. The lowest BCUT2D eigenvalue weighted by molar-refractivity contribution is 0.00984. The van der Waals surface area contributed by atoms with E-state index in [4.69, 9.17) is 0 Å². The van der Waals surface area contributed by atoms with Crippen LogP contribution < -0.4 is 5.32 Å². The van der Waals surface area contributed by atoms with Crippen LogP contribution in [0.2, 0.25) is 0 Å². The number of amides is 2. The molecule has 8 heteroatoms. The lowest BCUT2D eigenvalue weighted by atomic mass is 9.92. The molecule has 0 saturated carbocycles. The summed E-state index contributed by atoms with van der Waals surface area (Å²) < 4.78 is 1.54. The van der Waals surface area contributed by atoms with Gasteiger partial charge in [-0.1, -0.05) is 6.92 Å². The molecule has 1 aliphatic heterocycles. The molecular formula is C21H23N5O3. The van der Waals surface area contributed by atoms with Crippen LogP contribution in [0.3, 0.4) is 0 Å². The summed E-state index contributed by atoms with van der Waals surface area (Å²) in [6, 6.07) is 7.01. The minimum Gasteiger partial charge on any atom is -0.390 e. The predicted octanol–water partition coefficient (Wildman–Crippen LogP) is 2.34. The largest absolute Gasteiger partial charge is 0.390 e. The Hall–Kier alpha value is -3.26. The Labute approximate surface area is 168 Å². The first-order chi connectivity index (χ1) is 13.7. The third-order valence-corrected chi connectivity index (χ3v) is 5.47. The van der Waals surface area contributed by atoms with Gasteiger partial charge in [-0.3, -0.25) is 9.59 Å². The fraction of sp³-hybridized carbons (Fsp3) is 0.333. The van der Waals surface area contributed by atoms with Crippen LogP contribution in [0.1, 0.15) is 47.1 Å². The van der Waals surface area contributed by atoms with Gasteiger partial charge in [0.05, 0.1) is 11.8 Å². The summed E-state index contributed by atoms with van der Waals surface area (Å²) in [7, 11) is 0. The molecule has 0 saturated heterocycles. The fourth-order valence-electron chi connectivity index (χ4n) is 3.35. The van der Waals surface area contributed by atoms with Gasteiger partial charge in [0, 0.05) is 42.7 Å². The average molecular weight is 393 g/mol. The summed E-state index contributed by atoms with van der Waals surface area (Å²) >= 11 is 0. The second-order valence-electron chi connectivity index (χ2n) is 8.01. The predicted molar refractivity (Wildman–Crippen MR) is 108 cm³/mol. The number of hydrogen-bond donors (Lipinski definition) is 2. The van der Waals surface area contributed by atoms with E-state index in [9.17, 15) is 14.7 Å². The maximum Gasteiger partial charge on any atom is 0.261 e. The van der Waals surface area contributed by atoms with Gasteiger partial charge in [0.25, 0.3) is 11.8 Å². The van der Waals surface area contributed by atoms with Gasteiger partial charge in [-0.25, -0.2) is 9.50 Å². The molecule has 0 spiro atoms. The van der Waals surface area contributed by atoms with Gasteiger partial charge < -0.3 is 15.3 Å². The molecule has 29 heavy (non-hydrogen) atoms. The first-order valence-electron chi connectivity index (χ1n) is 9.48. The SMILES string of the molecule is C[C@H](CN1Cc2cc(NC(=O)c3cnn4cccnc34)ccc2C1=O)C(C)(C)O. The van der Waals surface area contributed by atoms with Crippen molar-refractivity contribution in [1.29, 1.82) is 0 Å². The molecule has 150 valence electrons. The Morgan fingerprint density at radius 1 is 1.38 bits per heavy atom. The maximum atomic E-state index is 12.7. The van der Waals surface area contributed by atoms with Gasteiger partial charge in [0.1, 0.15) is 5.56 Å². The highest BCUT2D eigenvalue weighted by Crippen LogP contribution is 2.28. The summed E-state index contributed by atoms with van der Waals surface area (Å²) in [4.78, 5) is 31.3. The van der Waals surface area contributed by atoms with Gasteiger partial charge in [-0.05, 0) is 43.7 Å². The van der Waals surface area contributed by atoms with E-state index < -0.39 is 5.60 Å². The number of anilines is 1. The second-order valence-corrected chi connectivity index (χ2v) is 8.01. The highest BCUT2D eigenvalue weighted by Gasteiger charge is 2.32. The molecular weight excluding hydrogens is 370 g/mol. The molecule has 8 nitrogen and oxygen atoms in total. The van der Waals surface area contributed by atoms with E-state index in [1.165, 1.54) is 10.7 Å². The first-order valence-corrected chi connectivity index (χ1v) is 9.48. The first kappa shape index (κ1) is 19.1. The van der Waals surface area contributed by atoms with Crippen LogP contribution in [0.15, 0.2) is 42.9 Å². The summed E-state index contributed by atoms with van der Waals surface area (Å²) in [5.74, 6) is -0.431. The molecule has 2 N–H and O–H groups in total. The molecule has 0 bridgehead atoms. The number of carbonyl (C=O) groups excluding carboxylic acids is 2. The number of aromatic nitrogens is 3. The van der Waals surface area contributed by atoms with Gasteiger partial charge in [0.15, 0.2) is 5.65 Å². The zero-order valence-corrected chi connectivity index (χ0v) is 16.6. The van der Waals surface area contributed by atoms with Crippen LogP contribution in [0.25, 0.3) is 5.65 Å². The minimum absolute atomic E-state index is 0.0548. The van der Waals surface area contributed by atoms with E-state index >= 15 is 0 Å². The van der Waals surface area contributed by atoms with Crippen molar-refractivity contribution in [2.24, 2.45) is 5.92 Å². The number of rotatable bonds is 5. The molecule has 2 aromatic heterocycles. The Bertz CT molecular complexity index is 1100. The Morgan fingerprint density at radius 2 is 2.17 bits per heavy atom. The number of carbonyl (C=O) groups is 2. The summed E-state index contributed by atoms with van der Waals surface area (Å²) in [6.45, 7) is 6.33. The van der Waals surface area contributed by atoms with E-state index in [1.54, 1.807) is 49.3 Å². The van der Waals surface area contributed by atoms with Crippen molar-refractivity contribution < 1.29 is 14.7 Å². The Balaban J connectivity index is 1.51. The van der Waals surface area contributed by atoms with Gasteiger partial charge in [0.2, 0.25) is 0 Å². The normalized spacial score (nSPS) is 14.9. The number of benzene rings is 1. The Morgan fingerprint density at radius 3 is 2.93 bits per heavy atom. The molecule has 2 amide bonds. The van der Waals surface area contributed by atoms with Crippen LogP contribution in [0.5, 0.6) is 0 Å². The summed E-state index contributed by atoms with van der Waals surface area (Å²) in [6.07, 6.45) is 4.82. The van der Waals surface area contributed by atoms with Crippen LogP contribution in [0.4, 0.5) is 5.69 Å². The van der Waals surface area contributed by atoms with Crippen LogP contribution in [-0.4, -0.2) is 48.6 Å². The van der Waals surface area contributed by atoms with Crippen LogP contribution in [-0.2, 0) is 6.54 Å². The quantitative estimate of drug-likeness (QED) is 0.693. The number of nitrogens with zero attached hydrogens (tertiary/aromatic N) is 4. The Kier molecular flexibility index (Phi) is 4.58. The molecule has 4 rings (SSSR count). The monoisotopic (exact) mass is 393 g/mol. The number of hydrogen-bond acceptors (Lipinski definition) is 5. The van der Waals surface area contributed by atoms with Gasteiger partial charge >= 0.3 is 0 Å². The van der Waals surface area contributed by atoms with Crippen molar-refractivity contribution in [3.63, 3.8) is 0 Å². The molecule has 1 aliphatic rings. The van der Waals surface area contributed by atoms with Crippen molar-refractivity contribution in [3.8, 4) is 0 Å². The van der Waals surface area contributed by atoms with Crippen molar-refractivity contribution in [3.05, 3.63) is 59.5 Å².